The highest BCUT2D eigenvalue weighted by Crippen LogP contribution is 2.42. The molecule has 0 amide bonds. The van der Waals surface area contributed by atoms with Gasteiger partial charge in [0.25, 0.3) is 0 Å². The fourth-order valence-electron chi connectivity index (χ4n) is 2.07. The molecule has 0 aliphatic rings. The molecular weight excluding hydrogens is 274 g/mol. The highest BCUT2D eigenvalue weighted by Gasteiger charge is 2.18. The van der Waals surface area contributed by atoms with Crippen molar-refractivity contribution >= 4 is 16.9 Å². The van der Waals surface area contributed by atoms with E-state index in [0.717, 1.165) is 0 Å². The molecule has 1 aromatic heterocycles. The molecule has 0 fully saturated rings. The Hall–Kier alpha value is -2.50. The molecule has 112 valence electrons. The molecule has 0 N–H and O–H groups in total. The normalized spacial score (nSPS) is 10.3. The number of pyridine rings is 1. The smallest absolute Gasteiger partial charge is 0.339 e. The van der Waals surface area contributed by atoms with Crippen molar-refractivity contribution in [1.82, 2.24) is 4.98 Å². The average Bonchev–Trinajstić information content (AvgIpc) is 2.52. The molecule has 21 heavy (non-hydrogen) atoms. The summed E-state index contributed by atoms with van der Waals surface area (Å²) in [6.45, 7) is 2.06. The van der Waals surface area contributed by atoms with Gasteiger partial charge in [0.05, 0.1) is 33.5 Å². The Morgan fingerprint density at radius 2 is 1.81 bits per heavy atom. The number of hydrogen-bond acceptors (Lipinski definition) is 6. The molecule has 1 aromatic carbocycles. The molecule has 0 spiro atoms. The van der Waals surface area contributed by atoms with Crippen molar-refractivity contribution in [2.24, 2.45) is 0 Å². The van der Waals surface area contributed by atoms with E-state index in [1.54, 1.807) is 19.1 Å². The molecule has 0 atom stereocenters. The van der Waals surface area contributed by atoms with Crippen LogP contribution in [0.2, 0.25) is 0 Å². The zero-order chi connectivity index (χ0) is 15.4. The number of carbonyl (C=O) groups excluding carboxylic acids is 1. The predicted molar refractivity (Wildman–Crippen MR) is 77.4 cm³/mol. The van der Waals surface area contributed by atoms with Gasteiger partial charge < -0.3 is 18.9 Å². The molecule has 0 bridgehead atoms. The van der Waals surface area contributed by atoms with Crippen LogP contribution in [0.1, 0.15) is 17.3 Å². The number of aromatic nitrogens is 1. The van der Waals surface area contributed by atoms with Gasteiger partial charge in [-0.15, -0.1) is 0 Å². The molecule has 0 radical (unpaired) electrons. The summed E-state index contributed by atoms with van der Waals surface area (Å²) in [5.74, 6) is 1.01. The minimum absolute atomic E-state index is 0.312. The maximum Gasteiger partial charge on any atom is 0.339 e. The molecule has 2 aromatic rings. The lowest BCUT2D eigenvalue weighted by Crippen LogP contribution is -2.05. The van der Waals surface area contributed by atoms with Gasteiger partial charge in [0.15, 0.2) is 11.5 Å². The van der Waals surface area contributed by atoms with Crippen LogP contribution in [0.5, 0.6) is 17.2 Å². The van der Waals surface area contributed by atoms with Crippen LogP contribution in [-0.4, -0.2) is 38.9 Å². The first-order valence-corrected chi connectivity index (χ1v) is 6.42. The molecule has 0 aliphatic heterocycles. The first-order valence-electron chi connectivity index (χ1n) is 6.42. The molecule has 0 aliphatic carbocycles. The Balaban J connectivity index is 2.65. The lowest BCUT2D eigenvalue weighted by Gasteiger charge is -2.14. The first-order chi connectivity index (χ1) is 10.2. The van der Waals surface area contributed by atoms with Gasteiger partial charge >= 0.3 is 5.97 Å². The highest BCUT2D eigenvalue weighted by atomic mass is 16.5. The lowest BCUT2D eigenvalue weighted by atomic mass is 10.1. The van der Waals surface area contributed by atoms with Gasteiger partial charge in [0, 0.05) is 11.6 Å². The monoisotopic (exact) mass is 291 g/mol. The SMILES string of the molecule is CCOC(=O)c1cnc2c(OC)c(OC)c(OC)cc2c1. The second-order valence-electron chi connectivity index (χ2n) is 4.16. The summed E-state index contributed by atoms with van der Waals surface area (Å²) in [6.07, 6.45) is 1.45. The van der Waals surface area contributed by atoms with Crippen molar-refractivity contribution in [1.29, 1.82) is 0 Å². The first kappa shape index (κ1) is 14.9. The minimum atomic E-state index is -0.416. The fourth-order valence-corrected chi connectivity index (χ4v) is 2.07. The fraction of sp³-hybridized carbons (Fsp3) is 0.333. The second-order valence-corrected chi connectivity index (χ2v) is 4.16. The van der Waals surface area contributed by atoms with Crippen LogP contribution in [0.3, 0.4) is 0 Å². The summed E-state index contributed by atoms with van der Waals surface area (Å²) < 4.78 is 20.9. The van der Waals surface area contributed by atoms with Crippen LogP contribution >= 0.6 is 0 Å². The van der Waals surface area contributed by atoms with Crippen molar-refractivity contribution in [2.45, 2.75) is 6.92 Å². The van der Waals surface area contributed by atoms with Crippen molar-refractivity contribution < 1.29 is 23.7 Å². The van der Waals surface area contributed by atoms with Crippen LogP contribution in [0.15, 0.2) is 18.3 Å². The van der Waals surface area contributed by atoms with Crippen LogP contribution in [0.4, 0.5) is 0 Å². The summed E-state index contributed by atoms with van der Waals surface area (Å²) in [5, 5.41) is 0.704. The third-order valence-electron chi connectivity index (χ3n) is 2.99. The molecule has 2 rings (SSSR count). The molecular formula is C15H17NO5. The van der Waals surface area contributed by atoms with Crippen molar-refractivity contribution in [3.63, 3.8) is 0 Å². The maximum absolute atomic E-state index is 11.8. The van der Waals surface area contributed by atoms with Gasteiger partial charge in [0.2, 0.25) is 5.75 Å². The third-order valence-corrected chi connectivity index (χ3v) is 2.99. The quantitative estimate of drug-likeness (QED) is 0.788. The number of benzene rings is 1. The van der Waals surface area contributed by atoms with E-state index in [2.05, 4.69) is 4.98 Å². The number of rotatable bonds is 5. The van der Waals surface area contributed by atoms with E-state index in [9.17, 15) is 4.79 Å². The molecule has 6 heteroatoms. The van der Waals surface area contributed by atoms with E-state index >= 15 is 0 Å². The zero-order valence-electron chi connectivity index (χ0n) is 12.4. The van der Waals surface area contributed by atoms with Gasteiger partial charge in [-0.05, 0) is 19.1 Å². The second kappa shape index (κ2) is 6.30. The standard InChI is InChI=1S/C15H17NO5/c1-5-21-15(17)10-6-9-7-11(18-2)13(19-3)14(20-4)12(9)16-8-10/h6-8H,5H2,1-4H3. The summed E-state index contributed by atoms with van der Waals surface area (Å²) in [7, 11) is 4.59. The van der Waals surface area contributed by atoms with Crippen molar-refractivity contribution in [3.8, 4) is 17.2 Å². The van der Waals surface area contributed by atoms with E-state index in [1.165, 1.54) is 27.5 Å². The van der Waals surface area contributed by atoms with Crippen molar-refractivity contribution in [2.75, 3.05) is 27.9 Å². The van der Waals surface area contributed by atoms with Crippen LogP contribution in [0, 0.1) is 0 Å². The Morgan fingerprint density at radius 3 is 2.38 bits per heavy atom. The van der Waals surface area contributed by atoms with Gasteiger partial charge in [-0.25, -0.2) is 4.79 Å². The summed E-state index contributed by atoms with van der Waals surface area (Å²) in [6, 6.07) is 3.43. The number of esters is 1. The van der Waals surface area contributed by atoms with Crippen molar-refractivity contribution in [3.05, 3.63) is 23.9 Å². The Kier molecular flexibility index (Phi) is 4.47. The molecule has 0 saturated carbocycles. The minimum Gasteiger partial charge on any atom is -0.493 e. The summed E-state index contributed by atoms with van der Waals surface area (Å²) in [5.41, 5.74) is 0.960. The summed E-state index contributed by atoms with van der Waals surface area (Å²) in [4.78, 5) is 16.0. The van der Waals surface area contributed by atoms with E-state index < -0.39 is 5.97 Å². The number of fused-ring (bicyclic) bond motifs is 1. The van der Waals surface area contributed by atoms with Gasteiger partial charge in [-0.3, -0.25) is 4.98 Å². The zero-order valence-corrected chi connectivity index (χ0v) is 12.4. The number of nitrogens with zero attached hydrogens (tertiary/aromatic N) is 1. The van der Waals surface area contributed by atoms with E-state index in [-0.39, 0.29) is 0 Å². The number of methoxy groups -OCH3 is 3. The van der Waals surface area contributed by atoms with E-state index in [0.29, 0.717) is 40.3 Å². The van der Waals surface area contributed by atoms with Crippen LogP contribution in [-0.2, 0) is 4.74 Å². The largest absolute Gasteiger partial charge is 0.493 e. The highest BCUT2D eigenvalue weighted by molar-refractivity contribution is 5.96. The molecule has 0 saturated heterocycles. The Labute approximate surface area is 122 Å². The Morgan fingerprint density at radius 1 is 1.10 bits per heavy atom. The van der Waals surface area contributed by atoms with E-state index in [4.69, 9.17) is 18.9 Å². The van der Waals surface area contributed by atoms with E-state index in [1.807, 2.05) is 0 Å². The number of carbonyl (C=O) groups is 1. The maximum atomic E-state index is 11.8. The Bertz CT molecular complexity index is 669. The average molecular weight is 291 g/mol. The van der Waals surface area contributed by atoms with Gasteiger partial charge in [-0.2, -0.15) is 0 Å². The topological polar surface area (TPSA) is 66.9 Å². The number of hydrogen-bond donors (Lipinski definition) is 0. The third kappa shape index (κ3) is 2.69. The molecule has 0 unspecified atom stereocenters. The lowest BCUT2D eigenvalue weighted by molar-refractivity contribution is 0.0526. The van der Waals surface area contributed by atoms with Crippen LogP contribution in [0.25, 0.3) is 10.9 Å². The molecule has 6 nitrogen and oxygen atoms in total. The molecule has 1 heterocycles. The van der Waals surface area contributed by atoms with Crippen LogP contribution < -0.4 is 14.2 Å². The van der Waals surface area contributed by atoms with Gasteiger partial charge in [0.1, 0.15) is 5.52 Å². The predicted octanol–water partition coefficient (Wildman–Crippen LogP) is 2.44. The summed E-state index contributed by atoms with van der Waals surface area (Å²) >= 11 is 0. The van der Waals surface area contributed by atoms with Gasteiger partial charge in [-0.1, -0.05) is 0 Å². The number of ether oxygens (including phenoxy) is 4.